The van der Waals surface area contributed by atoms with E-state index in [0.717, 1.165) is 17.8 Å². The summed E-state index contributed by atoms with van der Waals surface area (Å²) in [7, 11) is 0. The summed E-state index contributed by atoms with van der Waals surface area (Å²) < 4.78 is 0. The van der Waals surface area contributed by atoms with Gasteiger partial charge in [-0.3, -0.25) is 0 Å². The number of hydrogen-bond donors (Lipinski definition) is 1. The van der Waals surface area contributed by atoms with Crippen molar-refractivity contribution in [2.24, 2.45) is 23.5 Å². The van der Waals surface area contributed by atoms with Crippen LogP contribution in [0, 0.1) is 17.8 Å². The van der Waals surface area contributed by atoms with Gasteiger partial charge >= 0.3 is 0 Å². The molecule has 1 nitrogen and oxygen atoms in total. The van der Waals surface area contributed by atoms with E-state index >= 15 is 0 Å². The minimum atomic E-state index is 0.408. The Hall–Kier alpha value is -0.820. The number of aryl methyl sites for hydroxylation is 1. The average Bonchev–Trinajstić information content (AvgIpc) is 3.13. The van der Waals surface area contributed by atoms with E-state index in [1.54, 1.807) is 11.1 Å². The normalized spacial score (nSPS) is 32.3. The molecule has 0 aromatic heterocycles. The van der Waals surface area contributed by atoms with Crippen LogP contribution in [-0.4, -0.2) is 6.04 Å². The molecule has 2 N–H and O–H groups in total. The zero-order chi connectivity index (χ0) is 12.7. The van der Waals surface area contributed by atoms with E-state index in [0.29, 0.717) is 12.0 Å². The SMILES string of the molecule is CCCC(C)C(N)C1C2CCc3ccccc3C21. The predicted molar refractivity (Wildman–Crippen MR) is 76.5 cm³/mol. The lowest BCUT2D eigenvalue weighted by Crippen LogP contribution is -2.31. The fraction of sp³-hybridized carbons (Fsp3) is 0.647. The van der Waals surface area contributed by atoms with Crippen molar-refractivity contribution in [1.29, 1.82) is 0 Å². The van der Waals surface area contributed by atoms with Crippen molar-refractivity contribution in [3.05, 3.63) is 35.4 Å². The molecule has 0 saturated heterocycles. The second-order valence-corrected chi connectivity index (χ2v) is 6.35. The fourth-order valence-corrected chi connectivity index (χ4v) is 4.17. The predicted octanol–water partition coefficient (Wildman–Crippen LogP) is 3.73. The molecule has 1 heteroatoms. The Balaban J connectivity index is 1.76. The van der Waals surface area contributed by atoms with Crippen LogP contribution in [0.5, 0.6) is 0 Å². The highest BCUT2D eigenvalue weighted by molar-refractivity contribution is 5.40. The van der Waals surface area contributed by atoms with Crippen molar-refractivity contribution in [3.63, 3.8) is 0 Å². The van der Waals surface area contributed by atoms with Crippen LogP contribution < -0.4 is 5.73 Å². The summed E-state index contributed by atoms with van der Waals surface area (Å²) in [6, 6.07) is 9.42. The highest BCUT2D eigenvalue weighted by Gasteiger charge is 2.55. The smallest absolute Gasteiger partial charge is 0.0102 e. The summed E-state index contributed by atoms with van der Waals surface area (Å²) in [5.74, 6) is 3.10. The van der Waals surface area contributed by atoms with Gasteiger partial charge in [0.05, 0.1) is 0 Å². The highest BCUT2D eigenvalue weighted by atomic mass is 14.8. The second-order valence-electron chi connectivity index (χ2n) is 6.35. The lowest BCUT2D eigenvalue weighted by Gasteiger charge is -2.19. The maximum Gasteiger partial charge on any atom is 0.0102 e. The van der Waals surface area contributed by atoms with E-state index in [9.17, 15) is 0 Å². The van der Waals surface area contributed by atoms with Crippen LogP contribution >= 0.6 is 0 Å². The number of hydrogen-bond acceptors (Lipinski definition) is 1. The quantitative estimate of drug-likeness (QED) is 0.857. The van der Waals surface area contributed by atoms with Crippen LogP contribution in [0.1, 0.15) is 50.2 Å². The first-order chi connectivity index (χ1) is 8.74. The Morgan fingerprint density at radius 1 is 1.33 bits per heavy atom. The van der Waals surface area contributed by atoms with Gasteiger partial charge in [-0.25, -0.2) is 0 Å². The second kappa shape index (κ2) is 4.70. The van der Waals surface area contributed by atoms with Crippen LogP contribution in [0.25, 0.3) is 0 Å². The molecule has 1 aromatic rings. The Labute approximate surface area is 111 Å². The molecule has 0 heterocycles. The molecule has 2 aliphatic rings. The van der Waals surface area contributed by atoms with Gasteiger partial charge in [-0.15, -0.1) is 0 Å². The van der Waals surface area contributed by atoms with Crippen molar-refractivity contribution in [2.45, 2.75) is 51.5 Å². The van der Waals surface area contributed by atoms with Gasteiger partial charge in [0.1, 0.15) is 0 Å². The number of fused-ring (bicyclic) bond motifs is 3. The molecule has 18 heavy (non-hydrogen) atoms. The highest BCUT2D eigenvalue weighted by Crippen LogP contribution is 2.61. The van der Waals surface area contributed by atoms with Crippen LogP contribution in [0.2, 0.25) is 0 Å². The van der Waals surface area contributed by atoms with Crippen molar-refractivity contribution in [1.82, 2.24) is 0 Å². The van der Waals surface area contributed by atoms with Crippen LogP contribution in [0.3, 0.4) is 0 Å². The first-order valence-corrected chi connectivity index (χ1v) is 7.57. The monoisotopic (exact) mass is 243 g/mol. The van der Waals surface area contributed by atoms with Crippen molar-refractivity contribution >= 4 is 0 Å². The summed E-state index contributed by atoms with van der Waals surface area (Å²) >= 11 is 0. The molecule has 0 amide bonds. The molecule has 5 unspecified atom stereocenters. The number of benzene rings is 1. The molecule has 1 aromatic carbocycles. The maximum atomic E-state index is 6.53. The van der Waals surface area contributed by atoms with E-state index in [-0.39, 0.29) is 0 Å². The Morgan fingerprint density at radius 3 is 2.89 bits per heavy atom. The van der Waals surface area contributed by atoms with Gasteiger partial charge in [-0.1, -0.05) is 44.5 Å². The molecule has 0 radical (unpaired) electrons. The summed E-state index contributed by atoms with van der Waals surface area (Å²) in [4.78, 5) is 0. The van der Waals surface area contributed by atoms with Gasteiger partial charge in [0, 0.05) is 6.04 Å². The van der Waals surface area contributed by atoms with Gasteiger partial charge in [-0.05, 0) is 54.1 Å². The molecule has 3 rings (SSSR count). The van der Waals surface area contributed by atoms with Crippen LogP contribution in [0.15, 0.2) is 24.3 Å². The van der Waals surface area contributed by atoms with Gasteiger partial charge < -0.3 is 5.73 Å². The molecule has 0 bridgehead atoms. The third kappa shape index (κ3) is 1.89. The molecule has 0 aliphatic heterocycles. The molecular weight excluding hydrogens is 218 g/mol. The Kier molecular flexibility index (Phi) is 3.19. The standard InChI is InChI=1S/C17H25N/c1-3-6-11(2)17(18)16-14-10-9-12-7-4-5-8-13(12)15(14)16/h4-5,7-8,11,14-17H,3,6,9-10,18H2,1-2H3. The Bertz CT molecular complexity index is 425. The molecule has 1 saturated carbocycles. The van der Waals surface area contributed by atoms with E-state index in [2.05, 4.69) is 38.1 Å². The average molecular weight is 243 g/mol. The minimum absolute atomic E-state index is 0.408. The van der Waals surface area contributed by atoms with E-state index < -0.39 is 0 Å². The third-order valence-corrected chi connectivity index (χ3v) is 5.24. The summed E-state index contributed by atoms with van der Waals surface area (Å²) in [6.45, 7) is 4.60. The van der Waals surface area contributed by atoms with Gasteiger partial charge in [0.2, 0.25) is 0 Å². The van der Waals surface area contributed by atoms with Crippen LogP contribution in [0.4, 0.5) is 0 Å². The summed E-state index contributed by atoms with van der Waals surface area (Å²) in [5, 5.41) is 0. The summed E-state index contributed by atoms with van der Waals surface area (Å²) in [6.07, 6.45) is 5.16. The molecular formula is C17H25N. The first-order valence-electron chi connectivity index (χ1n) is 7.57. The molecule has 5 atom stereocenters. The van der Waals surface area contributed by atoms with E-state index in [4.69, 9.17) is 5.73 Å². The molecule has 1 fully saturated rings. The van der Waals surface area contributed by atoms with Crippen molar-refractivity contribution < 1.29 is 0 Å². The fourth-order valence-electron chi connectivity index (χ4n) is 4.17. The molecule has 98 valence electrons. The number of nitrogens with two attached hydrogens (primary N) is 1. The van der Waals surface area contributed by atoms with E-state index in [1.807, 2.05) is 0 Å². The van der Waals surface area contributed by atoms with Crippen LogP contribution in [-0.2, 0) is 6.42 Å². The van der Waals surface area contributed by atoms with Crippen molar-refractivity contribution in [3.8, 4) is 0 Å². The summed E-state index contributed by atoms with van der Waals surface area (Å²) in [5.41, 5.74) is 9.71. The zero-order valence-corrected chi connectivity index (χ0v) is 11.6. The first kappa shape index (κ1) is 12.2. The van der Waals surface area contributed by atoms with E-state index in [1.165, 1.54) is 25.7 Å². The topological polar surface area (TPSA) is 26.0 Å². The lowest BCUT2D eigenvalue weighted by molar-refractivity contribution is 0.370. The third-order valence-electron chi connectivity index (χ3n) is 5.24. The maximum absolute atomic E-state index is 6.53. The molecule has 2 aliphatic carbocycles. The van der Waals surface area contributed by atoms with Gasteiger partial charge in [0.25, 0.3) is 0 Å². The zero-order valence-electron chi connectivity index (χ0n) is 11.6. The lowest BCUT2D eigenvalue weighted by atomic mass is 9.91. The van der Waals surface area contributed by atoms with Gasteiger partial charge in [-0.2, -0.15) is 0 Å². The van der Waals surface area contributed by atoms with Crippen molar-refractivity contribution in [2.75, 3.05) is 0 Å². The largest absolute Gasteiger partial charge is 0.327 e. The van der Waals surface area contributed by atoms with Gasteiger partial charge in [0.15, 0.2) is 0 Å². The number of rotatable bonds is 4. The minimum Gasteiger partial charge on any atom is -0.327 e. The molecule has 0 spiro atoms. The Morgan fingerprint density at radius 2 is 2.11 bits per heavy atom.